The van der Waals surface area contributed by atoms with Crippen molar-refractivity contribution in [3.05, 3.63) is 60.7 Å². The first-order chi connectivity index (χ1) is 14.3. The molecule has 1 aliphatic heterocycles. The lowest BCUT2D eigenvalue weighted by Gasteiger charge is -2.34. The molecule has 3 rings (SSSR count). The molecule has 0 radical (unpaired) electrons. The predicted octanol–water partition coefficient (Wildman–Crippen LogP) is 1.42. The molecule has 2 aromatic carbocycles. The van der Waals surface area contributed by atoms with Crippen LogP contribution >= 0.6 is 0 Å². The lowest BCUT2D eigenvalue weighted by atomic mass is 10.3. The van der Waals surface area contributed by atoms with Crippen molar-refractivity contribution in [3.63, 3.8) is 0 Å². The van der Waals surface area contributed by atoms with Gasteiger partial charge in [0.05, 0.1) is 11.5 Å². The molecule has 0 unspecified atom stereocenters. The van der Waals surface area contributed by atoms with Gasteiger partial charge in [-0.05, 0) is 24.3 Å². The van der Waals surface area contributed by atoms with Gasteiger partial charge < -0.3 is 8.37 Å². The standard InChI is InChI=1S/C20H26N2O6S2/c23-29(24,27-19-7-3-1-4-8-19)17-15-21-11-13-22(14-12-21)16-18-30(25,26)28-20-9-5-2-6-10-20/h1-10H,11-18H2. The van der Waals surface area contributed by atoms with Gasteiger partial charge in [-0.25, -0.2) is 0 Å². The Morgan fingerprint density at radius 2 is 0.933 bits per heavy atom. The van der Waals surface area contributed by atoms with Crippen LogP contribution in [0, 0.1) is 0 Å². The number of piperazine rings is 1. The Bertz CT molecular complexity index is 907. The third-order valence-corrected chi connectivity index (χ3v) is 6.97. The fraction of sp³-hybridized carbons (Fsp3) is 0.400. The predicted molar refractivity (Wildman–Crippen MR) is 115 cm³/mol. The van der Waals surface area contributed by atoms with Crippen molar-refractivity contribution in [1.82, 2.24) is 9.80 Å². The molecule has 2 aromatic rings. The summed E-state index contributed by atoms with van der Waals surface area (Å²) in [6.07, 6.45) is 0. The van der Waals surface area contributed by atoms with Gasteiger partial charge in [0, 0.05) is 39.3 Å². The van der Waals surface area contributed by atoms with Gasteiger partial charge in [-0.15, -0.1) is 0 Å². The van der Waals surface area contributed by atoms with Crippen LogP contribution in [0.5, 0.6) is 11.5 Å². The molecule has 0 aliphatic carbocycles. The Balaban J connectivity index is 1.37. The molecule has 10 heteroatoms. The molecular weight excluding hydrogens is 428 g/mol. The highest BCUT2D eigenvalue weighted by Crippen LogP contribution is 2.13. The molecule has 1 fully saturated rings. The molecule has 0 amide bonds. The first-order valence-electron chi connectivity index (χ1n) is 9.70. The van der Waals surface area contributed by atoms with Crippen LogP contribution in [0.1, 0.15) is 0 Å². The summed E-state index contributed by atoms with van der Waals surface area (Å²) in [5.74, 6) is 0.421. The molecular formula is C20H26N2O6S2. The summed E-state index contributed by atoms with van der Waals surface area (Å²) in [7, 11) is -7.32. The summed E-state index contributed by atoms with van der Waals surface area (Å²) >= 11 is 0. The SMILES string of the molecule is O=S(=O)(CCN1CCN(CCS(=O)(=O)Oc2ccccc2)CC1)Oc1ccccc1. The average Bonchev–Trinajstić information content (AvgIpc) is 2.72. The first-order valence-corrected chi connectivity index (χ1v) is 12.9. The Labute approximate surface area is 178 Å². The van der Waals surface area contributed by atoms with E-state index in [1.165, 1.54) is 0 Å². The van der Waals surface area contributed by atoms with Gasteiger partial charge in [0.1, 0.15) is 11.5 Å². The zero-order chi connectivity index (χ0) is 21.5. The second kappa shape index (κ2) is 10.3. The summed E-state index contributed by atoms with van der Waals surface area (Å²) in [5.41, 5.74) is 0. The third kappa shape index (κ3) is 7.60. The van der Waals surface area contributed by atoms with Crippen molar-refractivity contribution in [2.24, 2.45) is 0 Å². The largest absolute Gasteiger partial charge is 0.382 e. The lowest BCUT2D eigenvalue weighted by Crippen LogP contribution is -2.48. The molecule has 164 valence electrons. The van der Waals surface area contributed by atoms with Crippen LogP contribution in [-0.2, 0) is 20.2 Å². The van der Waals surface area contributed by atoms with Gasteiger partial charge in [-0.3, -0.25) is 9.80 Å². The van der Waals surface area contributed by atoms with E-state index in [-0.39, 0.29) is 11.5 Å². The van der Waals surface area contributed by atoms with Crippen LogP contribution in [0.4, 0.5) is 0 Å². The second-order valence-electron chi connectivity index (χ2n) is 7.00. The van der Waals surface area contributed by atoms with Gasteiger partial charge in [0.15, 0.2) is 0 Å². The lowest BCUT2D eigenvalue weighted by molar-refractivity contribution is 0.143. The van der Waals surface area contributed by atoms with Crippen molar-refractivity contribution in [1.29, 1.82) is 0 Å². The molecule has 0 aromatic heterocycles. The second-order valence-corrected chi connectivity index (χ2v) is 10.4. The highest BCUT2D eigenvalue weighted by atomic mass is 32.2. The third-order valence-electron chi connectivity index (χ3n) is 4.71. The number of benzene rings is 2. The number of hydrogen-bond donors (Lipinski definition) is 0. The molecule has 1 aliphatic rings. The maximum atomic E-state index is 12.1. The quantitative estimate of drug-likeness (QED) is 0.498. The number of para-hydroxylation sites is 2. The maximum Gasteiger partial charge on any atom is 0.310 e. The van der Waals surface area contributed by atoms with Crippen molar-refractivity contribution in [2.45, 2.75) is 0 Å². The summed E-state index contributed by atoms with van der Waals surface area (Å²) < 4.78 is 58.7. The molecule has 30 heavy (non-hydrogen) atoms. The Morgan fingerprint density at radius 1 is 0.600 bits per heavy atom. The van der Waals surface area contributed by atoms with E-state index in [2.05, 4.69) is 0 Å². The maximum absolute atomic E-state index is 12.1. The molecule has 1 saturated heterocycles. The van der Waals surface area contributed by atoms with Crippen molar-refractivity contribution >= 4 is 20.2 Å². The van der Waals surface area contributed by atoms with Gasteiger partial charge in [-0.1, -0.05) is 36.4 Å². The van der Waals surface area contributed by atoms with Crippen molar-refractivity contribution in [2.75, 3.05) is 50.8 Å². The van der Waals surface area contributed by atoms with Crippen molar-refractivity contribution < 1.29 is 25.2 Å². The number of nitrogens with zero attached hydrogens (tertiary/aromatic N) is 2. The monoisotopic (exact) mass is 454 g/mol. The molecule has 0 saturated carbocycles. The minimum Gasteiger partial charge on any atom is -0.382 e. The zero-order valence-corrected chi connectivity index (χ0v) is 18.2. The highest BCUT2D eigenvalue weighted by Gasteiger charge is 2.22. The number of rotatable bonds is 10. The average molecular weight is 455 g/mol. The molecule has 0 bridgehead atoms. The topological polar surface area (TPSA) is 93.2 Å². The molecule has 0 N–H and O–H groups in total. The van der Waals surface area contributed by atoms with Gasteiger partial charge in [-0.2, -0.15) is 16.8 Å². The number of hydrogen-bond acceptors (Lipinski definition) is 8. The van der Waals surface area contributed by atoms with Crippen LogP contribution in [0.25, 0.3) is 0 Å². The Kier molecular flexibility index (Phi) is 7.70. The van der Waals surface area contributed by atoms with E-state index in [1.54, 1.807) is 60.7 Å². The summed E-state index contributed by atoms with van der Waals surface area (Å²) in [4.78, 5) is 4.08. The zero-order valence-electron chi connectivity index (χ0n) is 16.6. The summed E-state index contributed by atoms with van der Waals surface area (Å²) in [6, 6.07) is 16.9. The smallest absolute Gasteiger partial charge is 0.310 e. The fourth-order valence-corrected chi connectivity index (χ4v) is 4.99. The summed E-state index contributed by atoms with van der Waals surface area (Å²) in [5, 5.41) is 0. The normalized spacial score (nSPS) is 16.3. The molecule has 1 heterocycles. The van der Waals surface area contributed by atoms with E-state index in [4.69, 9.17) is 8.37 Å². The van der Waals surface area contributed by atoms with Crippen LogP contribution in [0.3, 0.4) is 0 Å². The van der Waals surface area contributed by atoms with Gasteiger partial charge >= 0.3 is 20.2 Å². The molecule has 0 spiro atoms. The van der Waals surface area contributed by atoms with Crippen LogP contribution in [-0.4, -0.2) is 77.4 Å². The van der Waals surface area contributed by atoms with E-state index in [1.807, 2.05) is 9.80 Å². The van der Waals surface area contributed by atoms with Crippen molar-refractivity contribution in [3.8, 4) is 11.5 Å². The fourth-order valence-electron chi connectivity index (χ4n) is 3.05. The van der Waals surface area contributed by atoms with Gasteiger partial charge in [0.2, 0.25) is 0 Å². The van der Waals surface area contributed by atoms with E-state index < -0.39 is 20.2 Å². The van der Waals surface area contributed by atoms with E-state index >= 15 is 0 Å². The highest BCUT2D eigenvalue weighted by molar-refractivity contribution is 7.87. The van der Waals surface area contributed by atoms with E-state index in [0.717, 1.165) is 0 Å². The molecule has 0 atom stereocenters. The summed E-state index contributed by atoms with van der Waals surface area (Å²) in [6.45, 7) is 3.42. The van der Waals surface area contributed by atoms with Crippen LogP contribution in [0.15, 0.2) is 60.7 Å². The minimum atomic E-state index is -3.66. The van der Waals surface area contributed by atoms with Gasteiger partial charge in [0.25, 0.3) is 0 Å². The van der Waals surface area contributed by atoms with Crippen LogP contribution in [0.2, 0.25) is 0 Å². The van der Waals surface area contributed by atoms with E-state index in [9.17, 15) is 16.8 Å². The Hall–Kier alpha value is -2.14. The minimum absolute atomic E-state index is 0.0960. The van der Waals surface area contributed by atoms with E-state index in [0.29, 0.717) is 50.8 Å². The Morgan fingerprint density at radius 3 is 1.27 bits per heavy atom. The molecule has 8 nitrogen and oxygen atoms in total. The van der Waals surface area contributed by atoms with Crippen LogP contribution < -0.4 is 8.37 Å². The first kappa shape index (κ1) is 22.5.